The average Bonchev–Trinajstić information content (AvgIpc) is 2.53. The number of aromatic nitrogens is 1. The Labute approximate surface area is 125 Å². The lowest BCUT2D eigenvalue weighted by atomic mass is 9.79. The molecule has 8 heteroatoms. The minimum absolute atomic E-state index is 0.0535. The Kier molecular flexibility index (Phi) is 4.34. The monoisotopic (exact) mass is 306 g/mol. The number of nitrogens with zero attached hydrogens (tertiary/aromatic N) is 2. The summed E-state index contributed by atoms with van der Waals surface area (Å²) in [4.78, 5) is 31.1. The lowest BCUT2D eigenvalue weighted by Crippen LogP contribution is -2.42. The van der Waals surface area contributed by atoms with E-state index in [0.29, 0.717) is 5.69 Å². The molecule has 1 aromatic heterocycles. The van der Waals surface area contributed by atoms with E-state index in [1.165, 1.54) is 6.07 Å². The van der Waals surface area contributed by atoms with E-state index in [0.717, 1.165) is 6.08 Å². The zero-order valence-electron chi connectivity index (χ0n) is 11.4. The van der Waals surface area contributed by atoms with Crippen LogP contribution in [-0.4, -0.2) is 49.7 Å². The molecule has 116 valence electrons. The molecule has 1 aliphatic rings. The minimum atomic E-state index is -2.20. The van der Waals surface area contributed by atoms with E-state index in [4.69, 9.17) is 5.11 Å². The van der Waals surface area contributed by atoms with Crippen molar-refractivity contribution in [1.29, 1.82) is 0 Å². The minimum Gasteiger partial charge on any atom is -0.480 e. The van der Waals surface area contributed by atoms with Crippen LogP contribution >= 0.6 is 0 Å². The number of aliphatic hydroxyl groups is 2. The van der Waals surface area contributed by atoms with Gasteiger partial charge in [0.1, 0.15) is 0 Å². The molecule has 2 heterocycles. The first-order chi connectivity index (χ1) is 10.4. The van der Waals surface area contributed by atoms with Crippen molar-refractivity contribution < 1.29 is 30.0 Å². The molecular formula is C14H14N2O6. The zero-order chi connectivity index (χ0) is 16.3. The van der Waals surface area contributed by atoms with Crippen LogP contribution < -0.4 is 0 Å². The maximum Gasteiger partial charge on any atom is 0.325 e. The van der Waals surface area contributed by atoms with Gasteiger partial charge >= 0.3 is 11.9 Å². The number of hydrogen-bond acceptors (Lipinski definition) is 6. The largest absolute Gasteiger partial charge is 0.480 e. The maximum atomic E-state index is 11.5. The van der Waals surface area contributed by atoms with Crippen molar-refractivity contribution in [2.75, 3.05) is 6.61 Å². The fraction of sp³-hybridized carbons (Fsp3) is 0.286. The second-order valence-corrected chi connectivity index (χ2v) is 4.78. The molecule has 4 N–H and O–H groups in total. The second-order valence-electron chi connectivity index (χ2n) is 4.78. The van der Waals surface area contributed by atoms with Crippen LogP contribution in [0.15, 0.2) is 35.0 Å². The summed E-state index contributed by atoms with van der Waals surface area (Å²) < 4.78 is 0. The highest BCUT2D eigenvalue weighted by atomic mass is 16.4. The summed E-state index contributed by atoms with van der Waals surface area (Å²) in [5.41, 5.74) is -1.52. The molecule has 0 radical (unpaired) electrons. The summed E-state index contributed by atoms with van der Waals surface area (Å²) in [6.07, 6.45) is 0.542. The van der Waals surface area contributed by atoms with Crippen molar-refractivity contribution in [3.63, 3.8) is 0 Å². The summed E-state index contributed by atoms with van der Waals surface area (Å²) in [6.45, 7) is -0.904. The molecule has 0 fully saturated rings. The summed E-state index contributed by atoms with van der Waals surface area (Å²) in [7, 11) is 0. The molecule has 1 aliphatic heterocycles. The van der Waals surface area contributed by atoms with Gasteiger partial charge in [0, 0.05) is 6.42 Å². The third-order valence-electron chi connectivity index (χ3n) is 3.33. The quantitative estimate of drug-likeness (QED) is 0.552. The molecule has 0 saturated carbocycles. The van der Waals surface area contributed by atoms with Crippen LogP contribution in [0.25, 0.3) is 0 Å². The second kappa shape index (κ2) is 6.04. The highest BCUT2D eigenvalue weighted by Gasteiger charge is 2.48. The van der Waals surface area contributed by atoms with Crippen molar-refractivity contribution in [3.8, 4) is 0 Å². The Morgan fingerprint density at radius 2 is 1.82 bits per heavy atom. The molecule has 0 atom stereocenters. The molecule has 0 bridgehead atoms. The lowest BCUT2D eigenvalue weighted by molar-refractivity contribution is -0.160. The van der Waals surface area contributed by atoms with Crippen LogP contribution in [0.5, 0.6) is 0 Å². The van der Waals surface area contributed by atoms with Gasteiger partial charge in [-0.25, -0.2) is 4.98 Å². The predicted octanol–water partition coefficient (Wildman–Crippen LogP) is -0.202. The van der Waals surface area contributed by atoms with Crippen LogP contribution in [0.4, 0.5) is 0 Å². The predicted molar refractivity (Wildman–Crippen MR) is 74.2 cm³/mol. The van der Waals surface area contributed by atoms with Crippen LogP contribution in [0.3, 0.4) is 0 Å². The summed E-state index contributed by atoms with van der Waals surface area (Å²) in [5.74, 6) is -3.09. The van der Waals surface area contributed by atoms with Crippen LogP contribution in [0.2, 0.25) is 0 Å². The normalized spacial score (nSPS) is 16.6. The van der Waals surface area contributed by atoms with Crippen molar-refractivity contribution in [3.05, 3.63) is 41.4 Å². The van der Waals surface area contributed by atoms with Gasteiger partial charge in [-0.3, -0.25) is 14.6 Å². The van der Waals surface area contributed by atoms with Gasteiger partial charge < -0.3 is 20.4 Å². The Balaban J connectivity index is 2.53. The number of carboxylic acids is 2. The number of carboxylic acid groups (broad SMARTS) is 2. The van der Waals surface area contributed by atoms with E-state index >= 15 is 0 Å². The molecule has 22 heavy (non-hydrogen) atoms. The molecule has 0 aromatic carbocycles. The SMILES string of the molecule is O=C(O)C1(C(=O)O)C=C(CO)N=C(c2cccc(CO)n2)C1. The van der Waals surface area contributed by atoms with E-state index < -0.39 is 30.4 Å². The first-order valence-corrected chi connectivity index (χ1v) is 6.37. The Bertz CT molecular complexity index is 666. The summed E-state index contributed by atoms with van der Waals surface area (Å²) in [6, 6.07) is 4.70. The standard InChI is InChI=1S/C14H14N2O6/c17-6-8-2-1-3-10(15-8)11-5-14(12(19)20,13(21)22)4-9(7-18)16-11/h1-4,17-18H,5-7H2,(H,19,20)(H,21,22). The molecule has 1 aromatic rings. The molecule has 2 rings (SSSR count). The smallest absolute Gasteiger partial charge is 0.325 e. The van der Waals surface area contributed by atoms with Crippen LogP contribution in [-0.2, 0) is 16.2 Å². The van der Waals surface area contributed by atoms with Crippen molar-refractivity contribution in [2.24, 2.45) is 10.4 Å². The van der Waals surface area contributed by atoms with E-state index in [2.05, 4.69) is 9.98 Å². The third kappa shape index (κ3) is 2.74. The number of aliphatic imine (C=N–C) groups is 1. The third-order valence-corrected chi connectivity index (χ3v) is 3.33. The molecule has 0 spiro atoms. The Hall–Kier alpha value is -2.58. The molecule has 0 unspecified atom stereocenters. The molecule has 0 aliphatic carbocycles. The van der Waals surface area contributed by atoms with E-state index in [-0.39, 0.29) is 23.7 Å². The summed E-state index contributed by atoms with van der Waals surface area (Å²) in [5, 5.41) is 37.0. The average molecular weight is 306 g/mol. The fourth-order valence-corrected chi connectivity index (χ4v) is 2.17. The molecule has 0 saturated heterocycles. The summed E-state index contributed by atoms with van der Waals surface area (Å²) >= 11 is 0. The van der Waals surface area contributed by atoms with Crippen LogP contribution in [0, 0.1) is 5.41 Å². The maximum absolute atomic E-state index is 11.5. The molecule has 0 amide bonds. The van der Waals surface area contributed by atoms with Gasteiger partial charge in [-0.15, -0.1) is 0 Å². The highest BCUT2D eigenvalue weighted by molar-refractivity contribution is 6.10. The van der Waals surface area contributed by atoms with Gasteiger partial charge in [0.05, 0.1) is 36.0 Å². The first kappa shape index (κ1) is 15.8. The van der Waals surface area contributed by atoms with Crippen molar-refractivity contribution in [1.82, 2.24) is 4.98 Å². The number of pyridine rings is 1. The molecular weight excluding hydrogens is 292 g/mol. The topological polar surface area (TPSA) is 140 Å². The Morgan fingerprint density at radius 3 is 2.36 bits per heavy atom. The van der Waals surface area contributed by atoms with Gasteiger partial charge in [0.25, 0.3) is 0 Å². The highest BCUT2D eigenvalue weighted by Crippen LogP contribution is 2.33. The number of aliphatic hydroxyl groups excluding tert-OH is 2. The first-order valence-electron chi connectivity index (χ1n) is 6.37. The number of carbonyl (C=O) groups is 2. The van der Waals surface area contributed by atoms with Gasteiger partial charge in [-0.2, -0.15) is 0 Å². The van der Waals surface area contributed by atoms with E-state index in [1.54, 1.807) is 12.1 Å². The zero-order valence-corrected chi connectivity index (χ0v) is 11.4. The number of rotatable bonds is 5. The van der Waals surface area contributed by atoms with Crippen molar-refractivity contribution in [2.45, 2.75) is 13.0 Å². The van der Waals surface area contributed by atoms with Gasteiger partial charge in [0.15, 0.2) is 5.41 Å². The van der Waals surface area contributed by atoms with Gasteiger partial charge in [-0.05, 0) is 18.2 Å². The fourth-order valence-electron chi connectivity index (χ4n) is 2.17. The van der Waals surface area contributed by atoms with E-state index in [9.17, 15) is 24.9 Å². The Morgan fingerprint density at radius 1 is 1.14 bits per heavy atom. The molecule has 8 nitrogen and oxygen atoms in total. The van der Waals surface area contributed by atoms with Crippen LogP contribution in [0.1, 0.15) is 17.8 Å². The number of aliphatic carboxylic acids is 2. The van der Waals surface area contributed by atoms with Crippen molar-refractivity contribution >= 4 is 17.7 Å². The van der Waals surface area contributed by atoms with E-state index in [1.807, 2.05) is 0 Å². The number of hydrogen-bond donors (Lipinski definition) is 4. The van der Waals surface area contributed by atoms with Gasteiger partial charge in [-0.1, -0.05) is 6.07 Å². The van der Waals surface area contributed by atoms with Gasteiger partial charge in [0.2, 0.25) is 0 Å². The lowest BCUT2D eigenvalue weighted by Gasteiger charge is -2.26.